The number of carbonyl (C=O) groups excluding carboxylic acids is 2. The lowest BCUT2D eigenvalue weighted by Crippen LogP contribution is -2.46. The van der Waals surface area contributed by atoms with Crippen molar-refractivity contribution in [2.45, 2.75) is 25.0 Å². The molecule has 0 aromatic heterocycles. The first-order valence-electron chi connectivity index (χ1n) is 7.07. The molecule has 0 amide bonds. The summed E-state index contributed by atoms with van der Waals surface area (Å²) in [6.07, 6.45) is 0.990. The first-order chi connectivity index (χ1) is 11.4. The Morgan fingerprint density at radius 3 is 2.67 bits per heavy atom. The number of hydrogen-bond donors (Lipinski definition) is 1. The molecule has 1 heterocycles. The topological polar surface area (TPSA) is 106 Å². The Hall–Kier alpha value is -2.92. The standard InChI is InChI=1S/C16H14FNO6/c1-2-22-14(19)13-7-12(8-16(21,23-13)15(20)24-17)11-5-3-10(9-18)4-6-11/h3-7,12,21H,2,8H2,1H3. The van der Waals surface area contributed by atoms with Crippen molar-refractivity contribution in [3.05, 3.63) is 47.2 Å². The fraction of sp³-hybridized carbons (Fsp3) is 0.312. The monoisotopic (exact) mass is 335 g/mol. The van der Waals surface area contributed by atoms with Gasteiger partial charge >= 0.3 is 17.7 Å². The Morgan fingerprint density at radius 1 is 1.46 bits per heavy atom. The third-order valence-corrected chi connectivity index (χ3v) is 3.46. The van der Waals surface area contributed by atoms with Crippen molar-refractivity contribution in [2.75, 3.05) is 6.61 Å². The number of esters is 1. The number of halogens is 1. The number of nitriles is 1. The van der Waals surface area contributed by atoms with Gasteiger partial charge in [0, 0.05) is 16.9 Å². The molecule has 1 N–H and O–H groups in total. The number of aliphatic hydroxyl groups is 1. The number of carbonyl (C=O) groups is 2. The van der Waals surface area contributed by atoms with Crippen molar-refractivity contribution in [3.63, 3.8) is 0 Å². The lowest BCUT2D eigenvalue weighted by molar-refractivity contribution is -0.252. The molecule has 0 saturated heterocycles. The summed E-state index contributed by atoms with van der Waals surface area (Å²) in [4.78, 5) is 26.4. The van der Waals surface area contributed by atoms with E-state index in [1.54, 1.807) is 19.1 Å². The minimum atomic E-state index is -2.66. The molecule has 0 fully saturated rings. The van der Waals surface area contributed by atoms with Gasteiger partial charge in [-0.1, -0.05) is 12.1 Å². The highest BCUT2D eigenvalue weighted by molar-refractivity contribution is 5.88. The van der Waals surface area contributed by atoms with Gasteiger partial charge in [0.05, 0.1) is 18.2 Å². The Balaban J connectivity index is 2.40. The van der Waals surface area contributed by atoms with Crippen LogP contribution >= 0.6 is 0 Å². The average Bonchev–Trinajstić information content (AvgIpc) is 2.60. The van der Waals surface area contributed by atoms with Gasteiger partial charge in [0.25, 0.3) is 0 Å². The van der Waals surface area contributed by atoms with Crippen LogP contribution in [0.25, 0.3) is 0 Å². The van der Waals surface area contributed by atoms with Crippen LogP contribution in [0.4, 0.5) is 4.53 Å². The van der Waals surface area contributed by atoms with E-state index in [4.69, 9.17) is 14.7 Å². The molecule has 0 aliphatic carbocycles. The molecule has 2 atom stereocenters. The Morgan fingerprint density at radius 2 is 2.12 bits per heavy atom. The average molecular weight is 335 g/mol. The number of hydrogen-bond acceptors (Lipinski definition) is 7. The maximum atomic E-state index is 12.3. The third-order valence-electron chi connectivity index (χ3n) is 3.46. The van der Waals surface area contributed by atoms with E-state index in [0.29, 0.717) is 11.1 Å². The van der Waals surface area contributed by atoms with Crippen LogP contribution in [0.3, 0.4) is 0 Å². The van der Waals surface area contributed by atoms with Gasteiger partial charge in [-0.2, -0.15) is 5.26 Å². The van der Waals surface area contributed by atoms with E-state index < -0.39 is 29.4 Å². The summed E-state index contributed by atoms with van der Waals surface area (Å²) in [7, 11) is 0. The molecule has 1 aliphatic rings. The molecular weight excluding hydrogens is 321 g/mol. The van der Waals surface area contributed by atoms with Gasteiger partial charge in [0.1, 0.15) is 0 Å². The van der Waals surface area contributed by atoms with Gasteiger partial charge in [-0.05, 0) is 30.7 Å². The van der Waals surface area contributed by atoms with Gasteiger partial charge in [-0.3, -0.25) is 0 Å². The fourth-order valence-electron chi connectivity index (χ4n) is 2.31. The number of benzene rings is 1. The molecule has 7 nitrogen and oxygen atoms in total. The summed E-state index contributed by atoms with van der Waals surface area (Å²) in [5, 5.41) is 19.0. The van der Waals surface area contributed by atoms with Gasteiger partial charge in [-0.15, -0.1) is 0 Å². The van der Waals surface area contributed by atoms with Crippen molar-refractivity contribution >= 4 is 11.9 Å². The number of ether oxygens (including phenoxy) is 2. The summed E-state index contributed by atoms with van der Waals surface area (Å²) >= 11 is 0. The Bertz CT molecular complexity index is 708. The van der Waals surface area contributed by atoms with Gasteiger partial charge in [0.15, 0.2) is 0 Å². The van der Waals surface area contributed by atoms with Gasteiger partial charge in [0.2, 0.25) is 5.76 Å². The molecule has 24 heavy (non-hydrogen) atoms. The number of nitrogens with zero attached hydrogens (tertiary/aromatic N) is 1. The Labute approximate surface area is 136 Å². The summed E-state index contributed by atoms with van der Waals surface area (Å²) in [5.74, 6) is -6.32. The van der Waals surface area contributed by atoms with E-state index >= 15 is 0 Å². The van der Waals surface area contributed by atoms with Gasteiger partial charge in [-0.25, -0.2) is 14.5 Å². The van der Waals surface area contributed by atoms with Crippen molar-refractivity contribution in [1.29, 1.82) is 5.26 Å². The lowest BCUT2D eigenvalue weighted by atomic mass is 9.88. The van der Waals surface area contributed by atoms with Crippen LogP contribution in [0.5, 0.6) is 0 Å². The van der Waals surface area contributed by atoms with Crippen molar-refractivity contribution in [2.24, 2.45) is 0 Å². The van der Waals surface area contributed by atoms with Crippen LogP contribution in [-0.4, -0.2) is 29.4 Å². The zero-order valence-electron chi connectivity index (χ0n) is 12.7. The molecule has 1 aliphatic heterocycles. The van der Waals surface area contributed by atoms with Gasteiger partial charge < -0.3 is 14.6 Å². The minimum Gasteiger partial charge on any atom is -0.460 e. The smallest absolute Gasteiger partial charge is 0.419 e. The van der Waals surface area contributed by atoms with E-state index in [-0.39, 0.29) is 13.0 Å². The minimum absolute atomic E-state index is 0.0487. The maximum absolute atomic E-state index is 12.3. The van der Waals surface area contributed by atoms with Crippen LogP contribution in [0.1, 0.15) is 30.4 Å². The number of rotatable bonds is 4. The molecule has 8 heteroatoms. The molecule has 126 valence electrons. The van der Waals surface area contributed by atoms with E-state index in [0.717, 1.165) is 0 Å². The molecule has 0 saturated carbocycles. The summed E-state index contributed by atoms with van der Waals surface area (Å²) in [5.41, 5.74) is 1.00. The second kappa shape index (κ2) is 7.10. The van der Waals surface area contributed by atoms with E-state index in [9.17, 15) is 19.2 Å². The molecule has 1 aromatic carbocycles. The predicted molar refractivity (Wildman–Crippen MR) is 76.5 cm³/mol. The molecular formula is C16H14FNO6. The molecule has 0 bridgehead atoms. The first-order valence-corrected chi connectivity index (χ1v) is 7.07. The highest BCUT2D eigenvalue weighted by atomic mass is 19.3. The van der Waals surface area contributed by atoms with E-state index in [2.05, 4.69) is 4.94 Å². The maximum Gasteiger partial charge on any atom is 0.419 e. The third kappa shape index (κ3) is 3.52. The summed E-state index contributed by atoms with van der Waals surface area (Å²) in [6.45, 7) is 1.62. The fourth-order valence-corrected chi connectivity index (χ4v) is 2.31. The summed E-state index contributed by atoms with van der Waals surface area (Å²) in [6, 6.07) is 8.22. The first kappa shape index (κ1) is 17.4. The van der Waals surface area contributed by atoms with Crippen LogP contribution in [-0.2, 0) is 24.0 Å². The molecule has 0 radical (unpaired) electrons. The molecule has 2 rings (SSSR count). The van der Waals surface area contributed by atoms with Crippen LogP contribution < -0.4 is 0 Å². The highest BCUT2D eigenvalue weighted by Gasteiger charge is 2.48. The largest absolute Gasteiger partial charge is 0.460 e. The number of allylic oxidation sites excluding steroid dienone is 1. The zero-order chi connectivity index (χ0) is 17.7. The quantitative estimate of drug-likeness (QED) is 0.833. The van der Waals surface area contributed by atoms with E-state index in [1.165, 1.54) is 18.2 Å². The Kier molecular flexibility index (Phi) is 5.16. The normalized spacial score (nSPS) is 22.6. The van der Waals surface area contributed by atoms with Crippen molar-refractivity contribution < 1.29 is 33.6 Å². The second-order valence-electron chi connectivity index (χ2n) is 5.05. The zero-order valence-corrected chi connectivity index (χ0v) is 12.7. The van der Waals surface area contributed by atoms with E-state index in [1.807, 2.05) is 6.07 Å². The van der Waals surface area contributed by atoms with Crippen LogP contribution in [0.15, 0.2) is 36.1 Å². The van der Waals surface area contributed by atoms with Crippen LogP contribution in [0.2, 0.25) is 0 Å². The second-order valence-corrected chi connectivity index (χ2v) is 5.05. The molecule has 1 aromatic rings. The van der Waals surface area contributed by atoms with Crippen molar-refractivity contribution in [1.82, 2.24) is 0 Å². The van der Waals surface area contributed by atoms with Crippen LogP contribution in [0, 0.1) is 11.3 Å². The predicted octanol–water partition coefficient (Wildman–Crippen LogP) is 1.63. The molecule has 2 unspecified atom stereocenters. The lowest BCUT2D eigenvalue weighted by Gasteiger charge is -2.32. The highest BCUT2D eigenvalue weighted by Crippen LogP contribution is 2.37. The molecule has 0 spiro atoms. The SMILES string of the molecule is CCOC(=O)C1=CC(c2ccc(C#N)cc2)CC(O)(C(=O)OF)O1. The summed E-state index contributed by atoms with van der Waals surface area (Å²) < 4.78 is 21.9. The van der Waals surface area contributed by atoms with Crippen molar-refractivity contribution in [3.8, 4) is 6.07 Å².